The van der Waals surface area contributed by atoms with Gasteiger partial charge in [-0.1, -0.05) is 0 Å². The van der Waals surface area contributed by atoms with Crippen LogP contribution >= 0.6 is 0 Å². The molecule has 2 rings (SSSR count). The first kappa shape index (κ1) is 14.6. The van der Waals surface area contributed by atoms with Crippen LogP contribution in [-0.2, 0) is 14.3 Å². The van der Waals surface area contributed by atoms with Gasteiger partial charge in [-0.3, -0.25) is 0 Å². The largest absolute Gasteiger partial charge is 0.480 e. The van der Waals surface area contributed by atoms with Crippen LogP contribution in [0.5, 0.6) is 0 Å². The standard InChI is InChI=1S/C13H20N2O5/c1-2-20-12(18)10-6-4-8-15(10)13(19)14-7-3-5-9(14)11(16)17/h9-10H,2-8H2,1H3,(H,16,17). The fourth-order valence-corrected chi connectivity index (χ4v) is 2.90. The lowest BCUT2D eigenvalue weighted by Gasteiger charge is -2.30. The minimum atomic E-state index is -0.984. The third kappa shape index (κ3) is 2.71. The first-order valence-electron chi connectivity index (χ1n) is 7.03. The number of hydrogen-bond donors (Lipinski definition) is 1. The molecule has 2 heterocycles. The van der Waals surface area contributed by atoms with Crippen LogP contribution in [0.2, 0.25) is 0 Å². The Bertz CT molecular complexity index is 412. The number of ether oxygens (including phenoxy) is 1. The van der Waals surface area contributed by atoms with Gasteiger partial charge < -0.3 is 19.6 Å². The van der Waals surface area contributed by atoms with E-state index in [1.807, 2.05) is 0 Å². The van der Waals surface area contributed by atoms with Gasteiger partial charge in [0.1, 0.15) is 12.1 Å². The topological polar surface area (TPSA) is 87.2 Å². The molecule has 0 saturated carbocycles. The first-order chi connectivity index (χ1) is 9.56. The molecule has 7 nitrogen and oxygen atoms in total. The van der Waals surface area contributed by atoms with Crippen LogP contribution in [0.3, 0.4) is 0 Å². The van der Waals surface area contributed by atoms with Crippen molar-refractivity contribution in [2.45, 2.75) is 44.7 Å². The van der Waals surface area contributed by atoms with Crippen LogP contribution in [0.25, 0.3) is 0 Å². The number of aliphatic carboxylic acids is 1. The molecule has 20 heavy (non-hydrogen) atoms. The zero-order chi connectivity index (χ0) is 14.7. The molecule has 0 aromatic carbocycles. The van der Waals surface area contributed by atoms with E-state index in [0.29, 0.717) is 32.4 Å². The second-order valence-corrected chi connectivity index (χ2v) is 5.08. The molecule has 2 fully saturated rings. The maximum absolute atomic E-state index is 12.5. The number of esters is 1. The van der Waals surface area contributed by atoms with E-state index in [4.69, 9.17) is 9.84 Å². The summed E-state index contributed by atoms with van der Waals surface area (Å²) >= 11 is 0. The molecule has 2 unspecified atom stereocenters. The normalized spacial score (nSPS) is 25.9. The Kier molecular flexibility index (Phi) is 4.46. The molecule has 2 aliphatic rings. The van der Waals surface area contributed by atoms with Crippen LogP contribution in [0.1, 0.15) is 32.6 Å². The van der Waals surface area contributed by atoms with E-state index in [9.17, 15) is 14.4 Å². The van der Waals surface area contributed by atoms with Gasteiger partial charge in [0.05, 0.1) is 6.61 Å². The van der Waals surface area contributed by atoms with Gasteiger partial charge in [0.25, 0.3) is 0 Å². The average Bonchev–Trinajstić information content (AvgIpc) is 3.07. The van der Waals surface area contributed by atoms with Gasteiger partial charge in [0.15, 0.2) is 0 Å². The number of carbonyl (C=O) groups excluding carboxylic acids is 2. The molecule has 2 saturated heterocycles. The molecule has 2 atom stereocenters. The Hall–Kier alpha value is -1.79. The van der Waals surface area contributed by atoms with Gasteiger partial charge in [-0.2, -0.15) is 0 Å². The molecule has 2 amide bonds. The molecule has 0 spiro atoms. The van der Waals surface area contributed by atoms with Crippen LogP contribution in [0, 0.1) is 0 Å². The molecule has 0 bridgehead atoms. The summed E-state index contributed by atoms with van der Waals surface area (Å²) in [7, 11) is 0. The maximum Gasteiger partial charge on any atom is 0.328 e. The van der Waals surface area contributed by atoms with Gasteiger partial charge >= 0.3 is 18.0 Å². The minimum Gasteiger partial charge on any atom is -0.480 e. The summed E-state index contributed by atoms with van der Waals surface area (Å²) in [5.74, 6) is -1.38. The van der Waals surface area contributed by atoms with Crippen molar-refractivity contribution in [3.05, 3.63) is 0 Å². The van der Waals surface area contributed by atoms with Crippen molar-refractivity contribution in [1.29, 1.82) is 0 Å². The minimum absolute atomic E-state index is 0.277. The van der Waals surface area contributed by atoms with Gasteiger partial charge in [-0.15, -0.1) is 0 Å². The van der Waals surface area contributed by atoms with E-state index in [2.05, 4.69) is 0 Å². The Labute approximate surface area is 117 Å². The van der Waals surface area contributed by atoms with E-state index in [1.54, 1.807) is 6.92 Å². The van der Waals surface area contributed by atoms with E-state index in [0.717, 1.165) is 6.42 Å². The smallest absolute Gasteiger partial charge is 0.328 e. The molecular formula is C13H20N2O5. The quantitative estimate of drug-likeness (QED) is 0.770. The molecule has 0 aromatic rings. The van der Waals surface area contributed by atoms with Crippen molar-refractivity contribution in [1.82, 2.24) is 9.80 Å². The van der Waals surface area contributed by atoms with E-state index < -0.39 is 24.0 Å². The summed E-state index contributed by atoms with van der Waals surface area (Å²) in [6, 6.07) is -1.70. The summed E-state index contributed by atoms with van der Waals surface area (Å²) in [5.41, 5.74) is 0. The van der Waals surface area contributed by atoms with Crippen LogP contribution < -0.4 is 0 Å². The highest BCUT2D eigenvalue weighted by atomic mass is 16.5. The van der Waals surface area contributed by atoms with Gasteiger partial charge in [-0.05, 0) is 32.6 Å². The summed E-state index contributed by atoms with van der Waals surface area (Å²) < 4.78 is 4.98. The number of nitrogens with zero attached hydrogens (tertiary/aromatic N) is 2. The van der Waals surface area contributed by atoms with Crippen molar-refractivity contribution in [3.8, 4) is 0 Å². The fourth-order valence-electron chi connectivity index (χ4n) is 2.90. The van der Waals surface area contributed by atoms with Crippen molar-refractivity contribution in [2.24, 2.45) is 0 Å². The average molecular weight is 284 g/mol. The number of likely N-dealkylation sites (tertiary alicyclic amines) is 2. The summed E-state index contributed by atoms with van der Waals surface area (Å²) in [4.78, 5) is 38.3. The van der Waals surface area contributed by atoms with Crippen LogP contribution in [0.4, 0.5) is 4.79 Å². The second kappa shape index (κ2) is 6.11. The summed E-state index contributed by atoms with van der Waals surface area (Å²) in [6.07, 6.45) is 2.47. The monoisotopic (exact) mass is 284 g/mol. The first-order valence-corrected chi connectivity index (χ1v) is 7.03. The van der Waals surface area contributed by atoms with E-state index >= 15 is 0 Å². The Morgan fingerprint density at radius 3 is 2.20 bits per heavy atom. The summed E-state index contributed by atoms with van der Waals surface area (Å²) in [6.45, 7) is 2.91. The number of carbonyl (C=O) groups is 3. The van der Waals surface area contributed by atoms with Crippen molar-refractivity contribution >= 4 is 18.0 Å². The Balaban J connectivity index is 2.07. The number of urea groups is 1. The molecule has 0 aromatic heterocycles. The highest BCUT2D eigenvalue weighted by molar-refractivity contribution is 5.87. The molecule has 2 aliphatic heterocycles. The highest BCUT2D eigenvalue weighted by Gasteiger charge is 2.42. The molecule has 7 heteroatoms. The van der Waals surface area contributed by atoms with Crippen molar-refractivity contribution in [3.63, 3.8) is 0 Å². The van der Waals surface area contributed by atoms with Crippen LogP contribution in [-0.4, -0.2) is 64.7 Å². The maximum atomic E-state index is 12.5. The summed E-state index contributed by atoms with van der Waals surface area (Å²) in [5, 5.41) is 9.13. The van der Waals surface area contributed by atoms with Gasteiger partial charge in [0, 0.05) is 13.1 Å². The second-order valence-electron chi connectivity index (χ2n) is 5.08. The molecule has 1 N–H and O–H groups in total. The number of amides is 2. The zero-order valence-electron chi connectivity index (χ0n) is 11.6. The predicted octanol–water partition coefficient (Wildman–Crippen LogP) is 0.683. The van der Waals surface area contributed by atoms with E-state index in [-0.39, 0.29) is 12.6 Å². The number of rotatable bonds is 3. The van der Waals surface area contributed by atoms with Gasteiger partial charge in [-0.25, -0.2) is 14.4 Å². The fraction of sp³-hybridized carbons (Fsp3) is 0.769. The number of hydrogen-bond acceptors (Lipinski definition) is 4. The zero-order valence-corrected chi connectivity index (χ0v) is 11.6. The Morgan fingerprint density at radius 2 is 1.65 bits per heavy atom. The molecule has 0 aliphatic carbocycles. The van der Waals surface area contributed by atoms with Crippen molar-refractivity contribution < 1.29 is 24.2 Å². The predicted molar refractivity (Wildman–Crippen MR) is 69.1 cm³/mol. The van der Waals surface area contributed by atoms with Gasteiger partial charge in [0.2, 0.25) is 0 Å². The SMILES string of the molecule is CCOC(=O)C1CCCN1C(=O)N1CCCC1C(=O)O. The third-order valence-corrected chi connectivity index (χ3v) is 3.84. The van der Waals surface area contributed by atoms with Crippen molar-refractivity contribution in [2.75, 3.05) is 19.7 Å². The third-order valence-electron chi connectivity index (χ3n) is 3.84. The number of carboxylic acid groups (broad SMARTS) is 1. The van der Waals surface area contributed by atoms with Crippen LogP contribution in [0.15, 0.2) is 0 Å². The number of carboxylic acids is 1. The molecule has 112 valence electrons. The van der Waals surface area contributed by atoms with E-state index in [1.165, 1.54) is 9.80 Å². The lowest BCUT2D eigenvalue weighted by molar-refractivity contribution is -0.147. The lowest BCUT2D eigenvalue weighted by atomic mass is 10.2. The highest BCUT2D eigenvalue weighted by Crippen LogP contribution is 2.25. The Morgan fingerprint density at radius 1 is 1.10 bits per heavy atom. The molecule has 0 radical (unpaired) electrons. The lowest BCUT2D eigenvalue weighted by Crippen LogP contribution is -2.51. The molecular weight excluding hydrogens is 264 g/mol.